The SMILES string of the molecule is COC(=O)Nc1ccc(S(=O)(=O)N2C3CC2CN(c2ccnc(SC)n2)C3)cc1. The fraction of sp³-hybridized carbons (Fsp3) is 0.389. The molecule has 5 rings (SSSR count). The van der Waals surface area contributed by atoms with Crippen molar-refractivity contribution in [3.8, 4) is 0 Å². The van der Waals surface area contributed by atoms with Crippen molar-refractivity contribution in [2.24, 2.45) is 0 Å². The molecule has 0 aliphatic carbocycles. The number of piperidine rings is 1. The van der Waals surface area contributed by atoms with E-state index in [4.69, 9.17) is 0 Å². The molecule has 0 spiro atoms. The van der Waals surface area contributed by atoms with Gasteiger partial charge in [-0.3, -0.25) is 5.32 Å². The normalized spacial score (nSPS) is 21.4. The zero-order chi connectivity index (χ0) is 20.6. The number of rotatable bonds is 5. The van der Waals surface area contributed by atoms with Gasteiger partial charge < -0.3 is 9.64 Å². The Hall–Kier alpha value is -2.37. The van der Waals surface area contributed by atoms with E-state index < -0.39 is 16.1 Å². The maximum absolute atomic E-state index is 13.1. The van der Waals surface area contributed by atoms with Crippen LogP contribution in [-0.4, -0.2) is 67.3 Å². The zero-order valence-electron chi connectivity index (χ0n) is 16.0. The van der Waals surface area contributed by atoms with Gasteiger partial charge in [-0.15, -0.1) is 0 Å². The van der Waals surface area contributed by atoms with Gasteiger partial charge in [-0.25, -0.2) is 23.2 Å². The quantitative estimate of drug-likeness (QED) is 0.562. The lowest BCUT2D eigenvalue weighted by Gasteiger charge is -2.55. The third-order valence-electron chi connectivity index (χ3n) is 5.11. The van der Waals surface area contributed by atoms with Crippen molar-refractivity contribution in [2.75, 3.05) is 36.7 Å². The Morgan fingerprint density at radius 2 is 1.90 bits per heavy atom. The topological polar surface area (TPSA) is 105 Å². The number of hydrogen-bond acceptors (Lipinski definition) is 8. The zero-order valence-corrected chi connectivity index (χ0v) is 17.6. The minimum absolute atomic E-state index is 0.0840. The van der Waals surface area contributed by atoms with Gasteiger partial charge in [-0.2, -0.15) is 4.31 Å². The predicted octanol–water partition coefficient (Wildman–Crippen LogP) is 2.03. The van der Waals surface area contributed by atoms with Crippen molar-refractivity contribution in [2.45, 2.75) is 28.6 Å². The van der Waals surface area contributed by atoms with Crippen LogP contribution in [0.15, 0.2) is 46.6 Å². The minimum atomic E-state index is -3.60. The Bertz CT molecular complexity index is 1000. The van der Waals surface area contributed by atoms with Crippen LogP contribution in [-0.2, 0) is 14.8 Å². The molecule has 1 aromatic carbocycles. The summed E-state index contributed by atoms with van der Waals surface area (Å²) in [5.41, 5.74) is 0.471. The number of ether oxygens (including phenoxy) is 1. The van der Waals surface area contributed by atoms with Crippen LogP contribution in [0.1, 0.15) is 6.42 Å². The Balaban J connectivity index is 1.48. The predicted molar refractivity (Wildman–Crippen MR) is 110 cm³/mol. The number of piperazine rings is 1. The fourth-order valence-electron chi connectivity index (χ4n) is 3.76. The van der Waals surface area contributed by atoms with Crippen molar-refractivity contribution in [3.63, 3.8) is 0 Å². The molecule has 1 N–H and O–H groups in total. The first kappa shape index (κ1) is 19.9. The van der Waals surface area contributed by atoms with Crippen molar-refractivity contribution < 1.29 is 17.9 Å². The number of nitrogens with zero attached hydrogens (tertiary/aromatic N) is 4. The van der Waals surface area contributed by atoms with Crippen LogP contribution in [0.5, 0.6) is 0 Å². The second kappa shape index (κ2) is 7.81. The van der Waals surface area contributed by atoms with Crippen molar-refractivity contribution in [1.29, 1.82) is 0 Å². The second-order valence-electron chi connectivity index (χ2n) is 6.83. The Kier molecular flexibility index (Phi) is 5.36. The van der Waals surface area contributed by atoms with E-state index in [9.17, 15) is 13.2 Å². The molecule has 2 aromatic rings. The summed E-state index contributed by atoms with van der Waals surface area (Å²) in [7, 11) is -2.34. The molecule has 3 fully saturated rings. The molecule has 11 heteroatoms. The molecule has 3 aliphatic rings. The molecular formula is C18H21N5O4S2. The lowest BCUT2D eigenvalue weighted by molar-refractivity contribution is 0.0874. The number of carbonyl (C=O) groups is 1. The largest absolute Gasteiger partial charge is 0.453 e. The smallest absolute Gasteiger partial charge is 0.411 e. The van der Waals surface area contributed by atoms with Crippen LogP contribution in [0.4, 0.5) is 16.3 Å². The van der Waals surface area contributed by atoms with E-state index in [-0.39, 0.29) is 17.0 Å². The van der Waals surface area contributed by atoms with Crippen molar-refractivity contribution >= 4 is 39.4 Å². The number of hydrogen-bond donors (Lipinski definition) is 1. The summed E-state index contributed by atoms with van der Waals surface area (Å²) in [6.45, 7) is 1.20. The Morgan fingerprint density at radius 1 is 1.21 bits per heavy atom. The van der Waals surface area contributed by atoms with E-state index in [1.165, 1.54) is 31.0 Å². The number of carbonyl (C=O) groups excluding carboxylic acids is 1. The number of amides is 1. The van der Waals surface area contributed by atoms with Crippen LogP contribution in [0.25, 0.3) is 0 Å². The van der Waals surface area contributed by atoms with Crippen LogP contribution in [0.3, 0.4) is 0 Å². The minimum Gasteiger partial charge on any atom is -0.453 e. The van der Waals surface area contributed by atoms with Gasteiger partial charge in [0.05, 0.1) is 12.0 Å². The summed E-state index contributed by atoms with van der Waals surface area (Å²) >= 11 is 1.48. The van der Waals surface area contributed by atoms with Crippen LogP contribution in [0, 0.1) is 0 Å². The molecule has 2 atom stereocenters. The molecule has 1 amide bonds. The van der Waals surface area contributed by atoms with Gasteiger partial charge in [0.2, 0.25) is 10.0 Å². The molecule has 3 aliphatic heterocycles. The monoisotopic (exact) mass is 435 g/mol. The highest BCUT2D eigenvalue weighted by atomic mass is 32.2. The first-order chi connectivity index (χ1) is 13.9. The van der Waals surface area contributed by atoms with Gasteiger partial charge in [-0.1, -0.05) is 11.8 Å². The van der Waals surface area contributed by atoms with Gasteiger partial charge in [0.25, 0.3) is 0 Å². The van der Waals surface area contributed by atoms with Crippen LogP contribution < -0.4 is 10.2 Å². The third kappa shape index (κ3) is 3.77. The first-order valence-electron chi connectivity index (χ1n) is 9.03. The summed E-state index contributed by atoms with van der Waals surface area (Å²) in [5, 5.41) is 3.21. The summed E-state index contributed by atoms with van der Waals surface area (Å²) in [5.74, 6) is 0.828. The number of anilines is 2. The maximum atomic E-state index is 13.1. The summed E-state index contributed by atoms with van der Waals surface area (Å²) in [4.78, 5) is 22.3. The number of methoxy groups -OCH3 is 1. The summed E-state index contributed by atoms with van der Waals surface area (Å²) in [6, 6.07) is 7.80. The van der Waals surface area contributed by atoms with E-state index in [0.717, 1.165) is 12.2 Å². The fourth-order valence-corrected chi connectivity index (χ4v) is 5.93. The Labute approximate surface area is 173 Å². The Morgan fingerprint density at radius 3 is 2.52 bits per heavy atom. The number of fused-ring (bicyclic) bond motifs is 2. The van der Waals surface area contributed by atoms with Gasteiger partial charge in [0, 0.05) is 37.1 Å². The van der Waals surface area contributed by atoms with E-state index in [2.05, 4.69) is 24.9 Å². The van der Waals surface area contributed by atoms with Gasteiger partial charge in [0.1, 0.15) is 5.82 Å². The number of aromatic nitrogens is 2. The number of thioether (sulfide) groups is 1. The van der Waals surface area contributed by atoms with E-state index >= 15 is 0 Å². The van der Waals surface area contributed by atoms with E-state index in [1.54, 1.807) is 22.6 Å². The highest BCUT2D eigenvalue weighted by molar-refractivity contribution is 7.98. The molecule has 154 valence electrons. The van der Waals surface area contributed by atoms with E-state index in [0.29, 0.717) is 23.9 Å². The molecule has 0 radical (unpaired) electrons. The highest BCUT2D eigenvalue weighted by Gasteiger charge is 2.51. The third-order valence-corrected chi connectivity index (χ3v) is 7.69. The lowest BCUT2D eigenvalue weighted by atomic mass is 9.91. The van der Waals surface area contributed by atoms with Crippen molar-refractivity contribution in [1.82, 2.24) is 14.3 Å². The van der Waals surface area contributed by atoms with E-state index in [1.807, 2.05) is 12.3 Å². The molecule has 29 heavy (non-hydrogen) atoms. The number of nitrogens with one attached hydrogen (secondary N) is 1. The standard InChI is InChI=1S/C18H21N5O4S2/c1-27-18(24)20-12-3-5-15(6-4-12)29(25,26)23-13-9-14(23)11-22(10-13)16-7-8-19-17(21-16)28-2/h3-8,13-14H,9-11H2,1-2H3,(H,20,24). The summed E-state index contributed by atoms with van der Waals surface area (Å²) < 4.78 is 32.4. The first-order valence-corrected chi connectivity index (χ1v) is 11.7. The molecule has 3 saturated heterocycles. The lowest BCUT2D eigenvalue weighted by Crippen LogP contribution is -2.70. The van der Waals surface area contributed by atoms with Gasteiger partial charge >= 0.3 is 6.09 Å². The molecular weight excluding hydrogens is 414 g/mol. The van der Waals surface area contributed by atoms with Crippen LogP contribution in [0.2, 0.25) is 0 Å². The molecule has 1 aromatic heterocycles. The molecule has 0 saturated carbocycles. The molecule has 9 nitrogen and oxygen atoms in total. The van der Waals surface area contributed by atoms with Crippen LogP contribution >= 0.6 is 11.8 Å². The molecule has 2 bridgehead atoms. The highest BCUT2D eigenvalue weighted by Crippen LogP contribution is 2.38. The molecule has 4 heterocycles. The van der Waals surface area contributed by atoms with Crippen molar-refractivity contribution in [3.05, 3.63) is 36.5 Å². The van der Waals surface area contributed by atoms with Gasteiger partial charge in [0.15, 0.2) is 5.16 Å². The average molecular weight is 436 g/mol. The number of sulfonamides is 1. The van der Waals surface area contributed by atoms with Gasteiger partial charge in [-0.05, 0) is 43.0 Å². The molecule has 2 unspecified atom stereocenters. The second-order valence-corrected chi connectivity index (χ2v) is 9.44. The maximum Gasteiger partial charge on any atom is 0.411 e. The summed E-state index contributed by atoms with van der Waals surface area (Å²) in [6.07, 6.45) is 3.89. The number of benzene rings is 1. The average Bonchev–Trinajstić information content (AvgIpc) is 2.73.